The SMILES string of the molecule is CO/N=C/c1ccn(C)c1. The van der Waals surface area contributed by atoms with Crippen LogP contribution in [0, 0.1) is 0 Å². The summed E-state index contributed by atoms with van der Waals surface area (Å²) in [5.74, 6) is 0. The molecule has 0 radical (unpaired) electrons. The van der Waals surface area contributed by atoms with Crippen LogP contribution in [-0.4, -0.2) is 17.9 Å². The zero-order chi connectivity index (χ0) is 7.40. The molecule has 0 aliphatic rings. The van der Waals surface area contributed by atoms with E-state index >= 15 is 0 Å². The Morgan fingerprint density at radius 1 is 1.70 bits per heavy atom. The van der Waals surface area contributed by atoms with E-state index < -0.39 is 0 Å². The lowest BCUT2D eigenvalue weighted by atomic mass is 10.4. The van der Waals surface area contributed by atoms with Crippen molar-refractivity contribution in [3.8, 4) is 0 Å². The molecule has 0 aliphatic heterocycles. The van der Waals surface area contributed by atoms with Crippen LogP contribution in [0.3, 0.4) is 0 Å². The first kappa shape index (κ1) is 6.86. The molecule has 0 atom stereocenters. The van der Waals surface area contributed by atoms with Crippen molar-refractivity contribution in [3.63, 3.8) is 0 Å². The lowest BCUT2D eigenvalue weighted by Crippen LogP contribution is -1.80. The molecule has 0 N–H and O–H groups in total. The summed E-state index contributed by atoms with van der Waals surface area (Å²) in [7, 11) is 3.49. The first-order valence-electron chi connectivity index (χ1n) is 3.01. The lowest BCUT2D eigenvalue weighted by Gasteiger charge is -1.84. The highest BCUT2D eigenvalue weighted by molar-refractivity contribution is 5.78. The highest BCUT2D eigenvalue weighted by Gasteiger charge is 1.87. The maximum absolute atomic E-state index is 4.52. The van der Waals surface area contributed by atoms with Crippen molar-refractivity contribution in [3.05, 3.63) is 24.0 Å². The van der Waals surface area contributed by atoms with E-state index in [1.54, 1.807) is 6.21 Å². The number of rotatable bonds is 2. The van der Waals surface area contributed by atoms with Crippen molar-refractivity contribution in [1.29, 1.82) is 0 Å². The van der Waals surface area contributed by atoms with Crippen LogP contribution in [0.1, 0.15) is 5.56 Å². The molecule has 0 amide bonds. The third-order valence-corrected chi connectivity index (χ3v) is 1.16. The van der Waals surface area contributed by atoms with Crippen molar-refractivity contribution in [2.45, 2.75) is 0 Å². The highest BCUT2D eigenvalue weighted by atomic mass is 16.6. The minimum Gasteiger partial charge on any atom is -0.399 e. The first-order valence-corrected chi connectivity index (χ1v) is 3.01. The smallest absolute Gasteiger partial charge is 0.106 e. The summed E-state index contributed by atoms with van der Waals surface area (Å²) in [4.78, 5) is 4.52. The molecule has 1 heterocycles. The maximum Gasteiger partial charge on any atom is 0.106 e. The van der Waals surface area contributed by atoms with Crippen molar-refractivity contribution in [1.82, 2.24) is 4.57 Å². The molecule has 1 aromatic heterocycles. The Labute approximate surface area is 59.9 Å². The van der Waals surface area contributed by atoms with E-state index in [9.17, 15) is 0 Å². The summed E-state index contributed by atoms with van der Waals surface area (Å²) in [5, 5.41) is 3.62. The lowest BCUT2D eigenvalue weighted by molar-refractivity contribution is 0.215. The van der Waals surface area contributed by atoms with Crippen molar-refractivity contribution in [2.24, 2.45) is 12.2 Å². The predicted octanol–water partition coefficient (Wildman–Crippen LogP) is 1.01. The number of nitrogens with zero attached hydrogens (tertiary/aromatic N) is 2. The van der Waals surface area contributed by atoms with Crippen LogP contribution in [0.25, 0.3) is 0 Å². The van der Waals surface area contributed by atoms with Gasteiger partial charge in [0.05, 0.1) is 6.21 Å². The summed E-state index contributed by atoms with van der Waals surface area (Å²) in [6, 6.07) is 1.96. The topological polar surface area (TPSA) is 26.5 Å². The standard InChI is InChI=1S/C7H10N2O/c1-9-4-3-7(6-9)5-8-10-2/h3-6H,1-2H3/b8-5+. The molecular weight excluding hydrogens is 128 g/mol. The van der Waals surface area contributed by atoms with Gasteiger partial charge >= 0.3 is 0 Å². The number of hydrogen-bond donors (Lipinski definition) is 0. The molecule has 0 unspecified atom stereocenters. The summed E-state index contributed by atoms with van der Waals surface area (Å²) in [5.41, 5.74) is 1.05. The molecule has 3 heteroatoms. The van der Waals surface area contributed by atoms with E-state index in [4.69, 9.17) is 0 Å². The van der Waals surface area contributed by atoms with Crippen molar-refractivity contribution < 1.29 is 4.84 Å². The van der Waals surface area contributed by atoms with Crippen LogP contribution in [0.5, 0.6) is 0 Å². The Hall–Kier alpha value is -1.25. The average Bonchev–Trinajstić information content (AvgIpc) is 2.31. The minimum absolute atomic E-state index is 1.05. The van der Waals surface area contributed by atoms with Gasteiger partial charge in [0.2, 0.25) is 0 Å². The van der Waals surface area contributed by atoms with Gasteiger partial charge in [-0.05, 0) is 6.07 Å². The van der Waals surface area contributed by atoms with Crippen LogP contribution < -0.4 is 0 Å². The Balaban J connectivity index is 2.67. The maximum atomic E-state index is 4.52. The van der Waals surface area contributed by atoms with E-state index in [0.29, 0.717) is 0 Å². The fourth-order valence-corrected chi connectivity index (χ4v) is 0.715. The second kappa shape index (κ2) is 3.06. The molecule has 0 aromatic carbocycles. The van der Waals surface area contributed by atoms with Crippen LogP contribution in [-0.2, 0) is 11.9 Å². The van der Waals surface area contributed by atoms with E-state index in [2.05, 4.69) is 9.99 Å². The molecule has 0 fully saturated rings. The zero-order valence-corrected chi connectivity index (χ0v) is 6.11. The molecule has 0 spiro atoms. The van der Waals surface area contributed by atoms with E-state index in [-0.39, 0.29) is 0 Å². The molecule has 0 aliphatic carbocycles. The molecule has 0 saturated carbocycles. The largest absolute Gasteiger partial charge is 0.399 e. The Morgan fingerprint density at radius 2 is 2.50 bits per heavy atom. The summed E-state index contributed by atoms with van der Waals surface area (Å²) >= 11 is 0. The Bertz CT molecular complexity index is 227. The van der Waals surface area contributed by atoms with Crippen LogP contribution in [0.4, 0.5) is 0 Å². The van der Waals surface area contributed by atoms with E-state index in [1.807, 2.05) is 30.1 Å². The monoisotopic (exact) mass is 138 g/mol. The normalized spacial score (nSPS) is 10.6. The number of hydrogen-bond acceptors (Lipinski definition) is 2. The molecule has 0 bridgehead atoms. The number of aromatic nitrogens is 1. The summed E-state index contributed by atoms with van der Waals surface area (Å²) < 4.78 is 1.96. The highest BCUT2D eigenvalue weighted by Crippen LogP contribution is 1.94. The van der Waals surface area contributed by atoms with Gasteiger partial charge in [-0.1, -0.05) is 5.16 Å². The fourth-order valence-electron chi connectivity index (χ4n) is 0.715. The zero-order valence-electron chi connectivity index (χ0n) is 6.11. The summed E-state index contributed by atoms with van der Waals surface area (Å²) in [6.07, 6.45) is 5.58. The second-order valence-corrected chi connectivity index (χ2v) is 2.03. The van der Waals surface area contributed by atoms with Gasteiger partial charge in [0.1, 0.15) is 7.11 Å². The van der Waals surface area contributed by atoms with Gasteiger partial charge in [0.25, 0.3) is 0 Å². The third-order valence-electron chi connectivity index (χ3n) is 1.16. The second-order valence-electron chi connectivity index (χ2n) is 2.03. The third kappa shape index (κ3) is 1.62. The molecule has 1 aromatic rings. The van der Waals surface area contributed by atoms with Crippen LogP contribution >= 0.6 is 0 Å². The van der Waals surface area contributed by atoms with Gasteiger partial charge in [-0.15, -0.1) is 0 Å². The average molecular weight is 138 g/mol. The molecule has 0 saturated heterocycles. The van der Waals surface area contributed by atoms with E-state index in [0.717, 1.165) is 5.56 Å². The molecule has 3 nitrogen and oxygen atoms in total. The minimum atomic E-state index is 1.05. The Kier molecular flexibility index (Phi) is 2.10. The van der Waals surface area contributed by atoms with Crippen molar-refractivity contribution in [2.75, 3.05) is 7.11 Å². The van der Waals surface area contributed by atoms with E-state index in [1.165, 1.54) is 7.11 Å². The predicted molar refractivity (Wildman–Crippen MR) is 40.0 cm³/mol. The molecule has 10 heavy (non-hydrogen) atoms. The molecule has 1 rings (SSSR count). The quantitative estimate of drug-likeness (QED) is 0.442. The molecular formula is C7H10N2O. The summed E-state index contributed by atoms with van der Waals surface area (Å²) in [6.45, 7) is 0. The van der Waals surface area contributed by atoms with Gasteiger partial charge in [0, 0.05) is 25.0 Å². The van der Waals surface area contributed by atoms with Gasteiger partial charge in [-0.3, -0.25) is 0 Å². The van der Waals surface area contributed by atoms with Gasteiger partial charge in [-0.25, -0.2) is 0 Å². The first-order chi connectivity index (χ1) is 4.83. The van der Waals surface area contributed by atoms with Crippen LogP contribution in [0.15, 0.2) is 23.6 Å². The van der Waals surface area contributed by atoms with Crippen molar-refractivity contribution >= 4 is 6.21 Å². The Morgan fingerprint density at radius 3 is 3.00 bits per heavy atom. The number of oxime groups is 1. The molecule has 54 valence electrons. The van der Waals surface area contributed by atoms with Crippen LogP contribution in [0.2, 0.25) is 0 Å². The fraction of sp³-hybridized carbons (Fsp3) is 0.286. The number of aryl methyl sites for hydroxylation is 1. The van der Waals surface area contributed by atoms with Gasteiger partial charge < -0.3 is 9.40 Å². The van der Waals surface area contributed by atoms with Gasteiger partial charge in [0.15, 0.2) is 0 Å². The van der Waals surface area contributed by atoms with Gasteiger partial charge in [-0.2, -0.15) is 0 Å².